The first kappa shape index (κ1) is 22.5. The SMILES string of the molecule is CN(C(=O)c1ccccc1)c1ccc2c(c1)nc(NC(=O)Nc1cccs1)n2CC(C)(C)O. The third-order valence-electron chi connectivity index (χ3n) is 4.97. The molecule has 4 rings (SSSR count). The van der Waals surface area contributed by atoms with Gasteiger partial charge in [-0.15, -0.1) is 11.3 Å². The highest BCUT2D eigenvalue weighted by Crippen LogP contribution is 2.27. The molecule has 0 atom stereocenters. The second-order valence-electron chi connectivity index (χ2n) is 8.29. The molecule has 0 fully saturated rings. The number of aromatic nitrogens is 2. The highest BCUT2D eigenvalue weighted by Gasteiger charge is 2.22. The van der Waals surface area contributed by atoms with E-state index in [2.05, 4.69) is 15.6 Å². The van der Waals surface area contributed by atoms with Gasteiger partial charge in [-0.1, -0.05) is 18.2 Å². The van der Waals surface area contributed by atoms with Gasteiger partial charge in [0.15, 0.2) is 0 Å². The van der Waals surface area contributed by atoms with Crippen LogP contribution in [0, 0.1) is 0 Å². The molecule has 0 aliphatic carbocycles. The first-order valence-corrected chi connectivity index (χ1v) is 11.3. The molecule has 3 amide bonds. The number of imidazole rings is 1. The summed E-state index contributed by atoms with van der Waals surface area (Å²) in [7, 11) is 1.71. The summed E-state index contributed by atoms with van der Waals surface area (Å²) < 4.78 is 1.76. The van der Waals surface area contributed by atoms with Crippen LogP contribution in [-0.2, 0) is 6.54 Å². The predicted octanol–water partition coefficient (Wildman–Crippen LogP) is 4.79. The van der Waals surface area contributed by atoms with Gasteiger partial charge in [-0.25, -0.2) is 9.78 Å². The second-order valence-corrected chi connectivity index (χ2v) is 9.24. The van der Waals surface area contributed by atoms with Crippen LogP contribution in [0.25, 0.3) is 11.0 Å². The number of rotatable bonds is 6. The van der Waals surface area contributed by atoms with E-state index in [1.165, 1.54) is 11.3 Å². The van der Waals surface area contributed by atoms with E-state index in [0.29, 0.717) is 27.7 Å². The third-order valence-corrected chi connectivity index (χ3v) is 5.76. The zero-order chi connectivity index (χ0) is 23.6. The highest BCUT2D eigenvalue weighted by atomic mass is 32.1. The van der Waals surface area contributed by atoms with Crippen LogP contribution >= 0.6 is 11.3 Å². The Morgan fingerprint density at radius 1 is 1.09 bits per heavy atom. The first-order valence-electron chi connectivity index (χ1n) is 10.4. The van der Waals surface area contributed by atoms with Crippen molar-refractivity contribution in [2.45, 2.75) is 26.0 Å². The molecule has 0 bridgehead atoms. The van der Waals surface area contributed by atoms with Crippen molar-refractivity contribution in [3.8, 4) is 0 Å². The predicted molar refractivity (Wildman–Crippen MR) is 132 cm³/mol. The van der Waals surface area contributed by atoms with Crippen LogP contribution in [0.15, 0.2) is 66.0 Å². The minimum Gasteiger partial charge on any atom is -0.389 e. The number of urea groups is 1. The number of hydrogen-bond acceptors (Lipinski definition) is 5. The lowest BCUT2D eigenvalue weighted by molar-refractivity contribution is 0.0632. The maximum absolute atomic E-state index is 12.8. The van der Waals surface area contributed by atoms with E-state index in [1.807, 2.05) is 41.8 Å². The number of fused-ring (bicyclic) bond motifs is 1. The summed E-state index contributed by atoms with van der Waals surface area (Å²) in [5.74, 6) is 0.162. The van der Waals surface area contributed by atoms with Crippen LogP contribution in [-0.4, -0.2) is 39.2 Å². The van der Waals surface area contributed by atoms with Crippen molar-refractivity contribution in [3.63, 3.8) is 0 Å². The summed E-state index contributed by atoms with van der Waals surface area (Å²) >= 11 is 1.41. The average Bonchev–Trinajstić information content (AvgIpc) is 3.40. The summed E-state index contributed by atoms with van der Waals surface area (Å²) in [5.41, 5.74) is 1.54. The number of carbonyl (C=O) groups is 2. The van der Waals surface area contributed by atoms with E-state index in [9.17, 15) is 14.7 Å². The summed E-state index contributed by atoms with van der Waals surface area (Å²) in [6.45, 7) is 3.60. The Balaban J connectivity index is 1.66. The fraction of sp³-hybridized carbons (Fsp3) is 0.208. The first-order chi connectivity index (χ1) is 15.7. The lowest BCUT2D eigenvalue weighted by atomic mass is 10.1. The number of amides is 3. The summed E-state index contributed by atoms with van der Waals surface area (Å²) in [5, 5.41) is 18.5. The number of nitrogens with zero attached hydrogens (tertiary/aromatic N) is 3. The van der Waals surface area contributed by atoms with E-state index in [-0.39, 0.29) is 12.5 Å². The zero-order valence-electron chi connectivity index (χ0n) is 18.6. The van der Waals surface area contributed by atoms with Crippen molar-refractivity contribution in [1.82, 2.24) is 9.55 Å². The van der Waals surface area contributed by atoms with Crippen LogP contribution < -0.4 is 15.5 Å². The molecule has 33 heavy (non-hydrogen) atoms. The summed E-state index contributed by atoms with van der Waals surface area (Å²) in [6, 6.07) is 17.7. The molecule has 9 heteroatoms. The molecule has 2 aromatic carbocycles. The number of hydrogen-bond donors (Lipinski definition) is 3. The van der Waals surface area contributed by atoms with Gasteiger partial charge in [0.05, 0.1) is 28.2 Å². The molecule has 3 N–H and O–H groups in total. The quantitative estimate of drug-likeness (QED) is 0.383. The molecule has 2 heterocycles. The third kappa shape index (κ3) is 5.21. The Morgan fingerprint density at radius 2 is 1.85 bits per heavy atom. The van der Waals surface area contributed by atoms with Gasteiger partial charge < -0.3 is 14.6 Å². The minimum atomic E-state index is -1.03. The normalized spacial score (nSPS) is 11.4. The molecule has 0 radical (unpaired) electrons. The molecule has 0 aliphatic rings. The lowest BCUT2D eigenvalue weighted by Gasteiger charge is -2.20. The number of anilines is 3. The topological polar surface area (TPSA) is 99.5 Å². The number of thiophene rings is 1. The van der Waals surface area contributed by atoms with E-state index in [4.69, 9.17) is 0 Å². The second kappa shape index (κ2) is 9.05. The fourth-order valence-corrected chi connectivity index (χ4v) is 4.07. The standard InChI is InChI=1S/C24H25N5O3S/c1-24(2,32)15-29-19-12-11-17(28(3)21(30)16-8-5-4-6-9-16)14-18(19)25-22(29)27-23(31)26-20-10-7-13-33-20/h4-14,32H,15H2,1-3H3,(H2,25,26,27,31). The molecule has 0 aliphatic heterocycles. The van der Waals surface area contributed by atoms with Gasteiger partial charge in [0.1, 0.15) is 0 Å². The van der Waals surface area contributed by atoms with Crippen molar-refractivity contribution < 1.29 is 14.7 Å². The van der Waals surface area contributed by atoms with Crippen molar-refractivity contribution in [2.24, 2.45) is 0 Å². The molecule has 170 valence electrons. The Kier molecular flexibility index (Phi) is 6.17. The monoisotopic (exact) mass is 463 g/mol. The van der Waals surface area contributed by atoms with Crippen LogP contribution in [0.5, 0.6) is 0 Å². The molecule has 4 aromatic rings. The fourth-order valence-electron chi connectivity index (χ4n) is 3.46. The molecular formula is C24H25N5O3S. The van der Waals surface area contributed by atoms with Crippen LogP contribution in [0.3, 0.4) is 0 Å². The van der Waals surface area contributed by atoms with Crippen molar-refractivity contribution in [3.05, 3.63) is 71.6 Å². The Hall–Kier alpha value is -3.69. The van der Waals surface area contributed by atoms with Gasteiger partial charge in [0.25, 0.3) is 5.91 Å². The lowest BCUT2D eigenvalue weighted by Crippen LogP contribution is -2.28. The number of benzene rings is 2. The van der Waals surface area contributed by atoms with Gasteiger partial charge in [-0.05, 0) is 61.7 Å². The molecule has 0 spiro atoms. The molecule has 0 saturated carbocycles. The maximum atomic E-state index is 12.8. The molecule has 0 saturated heterocycles. The Labute approximate surface area is 195 Å². The molecular weight excluding hydrogens is 438 g/mol. The zero-order valence-corrected chi connectivity index (χ0v) is 19.4. The van der Waals surface area contributed by atoms with Crippen molar-refractivity contribution in [2.75, 3.05) is 22.6 Å². The number of nitrogens with one attached hydrogen (secondary N) is 2. The van der Waals surface area contributed by atoms with Gasteiger partial charge in [0, 0.05) is 18.3 Å². The molecule has 2 aromatic heterocycles. The van der Waals surface area contributed by atoms with Gasteiger partial charge in [-0.3, -0.25) is 15.4 Å². The highest BCUT2D eigenvalue weighted by molar-refractivity contribution is 7.14. The van der Waals surface area contributed by atoms with Crippen LogP contribution in [0.4, 0.5) is 21.4 Å². The molecule has 8 nitrogen and oxygen atoms in total. The Bertz CT molecular complexity index is 1280. The maximum Gasteiger partial charge on any atom is 0.326 e. The van der Waals surface area contributed by atoms with Crippen molar-refractivity contribution >= 4 is 50.9 Å². The Morgan fingerprint density at radius 3 is 2.52 bits per heavy atom. The van der Waals surface area contributed by atoms with Gasteiger partial charge in [0.2, 0.25) is 5.95 Å². The van der Waals surface area contributed by atoms with Gasteiger partial charge >= 0.3 is 6.03 Å². The largest absolute Gasteiger partial charge is 0.389 e. The number of aliphatic hydroxyl groups is 1. The van der Waals surface area contributed by atoms with Crippen LogP contribution in [0.1, 0.15) is 24.2 Å². The van der Waals surface area contributed by atoms with E-state index < -0.39 is 11.6 Å². The number of carbonyl (C=O) groups excluding carboxylic acids is 2. The van der Waals surface area contributed by atoms with Crippen LogP contribution in [0.2, 0.25) is 0 Å². The van der Waals surface area contributed by atoms with E-state index in [1.54, 1.807) is 54.6 Å². The molecule has 0 unspecified atom stereocenters. The minimum absolute atomic E-state index is 0.139. The summed E-state index contributed by atoms with van der Waals surface area (Å²) in [4.78, 5) is 31.5. The van der Waals surface area contributed by atoms with Gasteiger partial charge in [-0.2, -0.15) is 0 Å². The average molecular weight is 464 g/mol. The smallest absolute Gasteiger partial charge is 0.326 e. The van der Waals surface area contributed by atoms with E-state index >= 15 is 0 Å². The summed E-state index contributed by atoms with van der Waals surface area (Å²) in [6.07, 6.45) is 0. The van der Waals surface area contributed by atoms with Crippen molar-refractivity contribution in [1.29, 1.82) is 0 Å². The van der Waals surface area contributed by atoms with E-state index in [0.717, 1.165) is 5.52 Å².